The van der Waals surface area contributed by atoms with Crippen LogP contribution in [0.5, 0.6) is 0 Å². The van der Waals surface area contributed by atoms with Crippen LogP contribution in [0.1, 0.15) is 34.3 Å². The minimum absolute atomic E-state index is 0.0258. The first-order chi connectivity index (χ1) is 14.0. The predicted octanol–water partition coefficient (Wildman–Crippen LogP) is 3.91. The molecule has 1 amide bonds. The number of nitrogens with zero attached hydrogens (tertiary/aromatic N) is 1. The van der Waals surface area contributed by atoms with Gasteiger partial charge in [0, 0.05) is 19.0 Å². The van der Waals surface area contributed by atoms with Gasteiger partial charge in [0.1, 0.15) is 0 Å². The number of hydrogen-bond acceptors (Lipinski definition) is 3. The molecule has 162 valence electrons. The van der Waals surface area contributed by atoms with E-state index >= 15 is 0 Å². The summed E-state index contributed by atoms with van der Waals surface area (Å²) in [7, 11) is -3.50. The summed E-state index contributed by atoms with van der Waals surface area (Å²) in [6.45, 7) is 1.72. The Balaban J connectivity index is 1.90. The molecule has 5 nitrogen and oxygen atoms in total. The summed E-state index contributed by atoms with van der Waals surface area (Å²) in [6.07, 6.45) is -4.70. The highest BCUT2D eigenvalue weighted by Crippen LogP contribution is 2.36. The Morgan fingerprint density at radius 1 is 1.13 bits per heavy atom. The van der Waals surface area contributed by atoms with Gasteiger partial charge in [0.15, 0.2) is 0 Å². The van der Waals surface area contributed by atoms with Gasteiger partial charge in [-0.25, -0.2) is 8.42 Å². The molecule has 1 N–H and O–H groups in total. The van der Waals surface area contributed by atoms with Gasteiger partial charge < -0.3 is 5.32 Å². The summed E-state index contributed by atoms with van der Waals surface area (Å²) >= 11 is 5.86. The molecule has 1 aliphatic rings. The normalized spacial score (nSPS) is 20.3. The number of sulfonamides is 1. The molecule has 1 heterocycles. The van der Waals surface area contributed by atoms with Gasteiger partial charge in [-0.15, -0.1) is 0 Å². The molecule has 0 bridgehead atoms. The molecule has 10 heteroatoms. The Morgan fingerprint density at radius 3 is 2.40 bits per heavy atom. The minimum atomic E-state index is -4.70. The molecule has 1 saturated heterocycles. The molecule has 2 aromatic rings. The molecule has 0 spiro atoms. The molecule has 2 aromatic carbocycles. The van der Waals surface area contributed by atoms with Crippen LogP contribution in [0.25, 0.3) is 0 Å². The maximum Gasteiger partial charge on any atom is 0.417 e. The average Bonchev–Trinajstić information content (AvgIpc) is 3.12. The van der Waals surface area contributed by atoms with E-state index in [1.807, 2.05) is 18.2 Å². The second-order valence-electron chi connectivity index (χ2n) is 6.98. The zero-order chi connectivity index (χ0) is 22.1. The standard InChI is InChI=1S/C20H20ClF3N2O3S/c1-2-30(28,29)26-11-15(13-7-4-3-5-8-13)17(12-26)25-19(27)14-9-6-10-16(18(14)21)20(22,23)24/h3-10,15,17H,2,11-12H2,1H3,(H,25,27)/t15-,17+/m0/s1. The van der Waals surface area contributed by atoms with Crippen molar-refractivity contribution in [3.8, 4) is 0 Å². The Kier molecular flexibility index (Phi) is 6.45. The third kappa shape index (κ3) is 4.63. The van der Waals surface area contributed by atoms with Gasteiger partial charge in [-0.1, -0.05) is 48.0 Å². The summed E-state index contributed by atoms with van der Waals surface area (Å²) in [4.78, 5) is 12.8. The molecule has 0 unspecified atom stereocenters. The van der Waals surface area contributed by atoms with Crippen molar-refractivity contribution in [1.29, 1.82) is 0 Å². The molecule has 0 saturated carbocycles. The van der Waals surface area contributed by atoms with Gasteiger partial charge in [0.05, 0.1) is 27.9 Å². The number of alkyl halides is 3. The number of carbonyl (C=O) groups is 1. The van der Waals surface area contributed by atoms with Crippen LogP contribution in [0, 0.1) is 0 Å². The van der Waals surface area contributed by atoms with Crippen molar-refractivity contribution in [3.63, 3.8) is 0 Å². The van der Waals surface area contributed by atoms with E-state index in [4.69, 9.17) is 11.6 Å². The van der Waals surface area contributed by atoms with Crippen molar-refractivity contribution in [3.05, 3.63) is 70.2 Å². The maximum absolute atomic E-state index is 13.1. The van der Waals surface area contributed by atoms with Crippen molar-refractivity contribution < 1.29 is 26.4 Å². The lowest BCUT2D eigenvalue weighted by atomic mass is 9.94. The van der Waals surface area contributed by atoms with Crippen molar-refractivity contribution in [1.82, 2.24) is 9.62 Å². The van der Waals surface area contributed by atoms with E-state index in [1.54, 1.807) is 12.1 Å². The number of benzene rings is 2. The summed E-state index contributed by atoms with van der Waals surface area (Å²) < 4.78 is 65.3. The quantitative estimate of drug-likeness (QED) is 0.735. The van der Waals surface area contributed by atoms with Gasteiger partial charge in [0.2, 0.25) is 10.0 Å². The number of amides is 1. The molecule has 2 atom stereocenters. The molecule has 1 aliphatic heterocycles. The lowest BCUT2D eigenvalue weighted by Crippen LogP contribution is -2.40. The highest BCUT2D eigenvalue weighted by atomic mass is 35.5. The fourth-order valence-corrected chi connectivity index (χ4v) is 4.99. The van der Waals surface area contributed by atoms with Gasteiger partial charge in [-0.05, 0) is 24.6 Å². The lowest BCUT2D eigenvalue weighted by molar-refractivity contribution is -0.137. The van der Waals surface area contributed by atoms with Crippen molar-refractivity contribution >= 4 is 27.5 Å². The Hall–Kier alpha value is -2.10. The van der Waals surface area contributed by atoms with E-state index in [1.165, 1.54) is 17.3 Å². The second kappa shape index (κ2) is 8.56. The average molecular weight is 461 g/mol. The van der Waals surface area contributed by atoms with Crippen LogP contribution in [0.3, 0.4) is 0 Å². The molecular formula is C20H20ClF3N2O3S. The van der Waals surface area contributed by atoms with Crippen LogP contribution in [-0.2, 0) is 16.2 Å². The number of carbonyl (C=O) groups excluding carboxylic acids is 1. The number of nitrogens with one attached hydrogen (secondary N) is 1. The monoisotopic (exact) mass is 460 g/mol. The van der Waals surface area contributed by atoms with Crippen LogP contribution in [-0.4, -0.2) is 43.5 Å². The molecular weight excluding hydrogens is 441 g/mol. The zero-order valence-corrected chi connectivity index (χ0v) is 17.6. The van der Waals surface area contributed by atoms with E-state index in [9.17, 15) is 26.4 Å². The third-order valence-corrected chi connectivity index (χ3v) is 7.36. The highest BCUT2D eigenvalue weighted by molar-refractivity contribution is 7.89. The van der Waals surface area contributed by atoms with Gasteiger partial charge >= 0.3 is 6.18 Å². The first-order valence-corrected chi connectivity index (χ1v) is 11.2. The van der Waals surface area contributed by atoms with Gasteiger partial charge in [-0.3, -0.25) is 4.79 Å². The summed E-state index contributed by atoms with van der Waals surface area (Å²) in [6, 6.07) is 11.6. The van der Waals surface area contributed by atoms with E-state index in [-0.39, 0.29) is 30.3 Å². The predicted molar refractivity (Wildman–Crippen MR) is 108 cm³/mol. The topological polar surface area (TPSA) is 66.5 Å². The van der Waals surface area contributed by atoms with Gasteiger partial charge in [0.25, 0.3) is 5.91 Å². The van der Waals surface area contributed by atoms with E-state index in [0.29, 0.717) is 0 Å². The Morgan fingerprint density at radius 2 is 1.80 bits per heavy atom. The Labute approximate surface area is 177 Å². The summed E-state index contributed by atoms with van der Waals surface area (Å²) in [5, 5.41) is 2.01. The van der Waals surface area contributed by atoms with Crippen molar-refractivity contribution in [2.24, 2.45) is 0 Å². The summed E-state index contributed by atoms with van der Waals surface area (Å²) in [5.41, 5.74) is -0.583. The lowest BCUT2D eigenvalue weighted by Gasteiger charge is -2.21. The molecule has 30 heavy (non-hydrogen) atoms. The first kappa shape index (κ1) is 22.6. The molecule has 1 fully saturated rings. The smallest absolute Gasteiger partial charge is 0.347 e. The second-order valence-corrected chi connectivity index (χ2v) is 9.62. The van der Waals surface area contributed by atoms with Crippen LogP contribution in [0.15, 0.2) is 48.5 Å². The van der Waals surface area contributed by atoms with E-state index in [0.717, 1.165) is 17.7 Å². The number of rotatable bonds is 5. The number of halogens is 4. The highest BCUT2D eigenvalue weighted by Gasteiger charge is 2.40. The van der Waals surface area contributed by atoms with E-state index < -0.39 is 38.7 Å². The number of hydrogen-bond donors (Lipinski definition) is 1. The van der Waals surface area contributed by atoms with Gasteiger partial charge in [-0.2, -0.15) is 17.5 Å². The van der Waals surface area contributed by atoms with Crippen molar-refractivity contribution in [2.45, 2.75) is 25.1 Å². The van der Waals surface area contributed by atoms with E-state index in [2.05, 4.69) is 5.32 Å². The molecule has 0 radical (unpaired) electrons. The van der Waals surface area contributed by atoms with Crippen molar-refractivity contribution in [2.75, 3.05) is 18.8 Å². The third-order valence-electron chi connectivity index (χ3n) is 5.14. The van der Waals surface area contributed by atoms with Crippen LogP contribution in [0.4, 0.5) is 13.2 Å². The Bertz CT molecular complexity index is 1030. The van der Waals surface area contributed by atoms with Crippen LogP contribution in [0.2, 0.25) is 5.02 Å². The molecule has 3 rings (SSSR count). The summed E-state index contributed by atoms with van der Waals surface area (Å²) in [5.74, 6) is -1.22. The molecule has 0 aliphatic carbocycles. The first-order valence-electron chi connectivity index (χ1n) is 9.24. The largest absolute Gasteiger partial charge is 0.417 e. The maximum atomic E-state index is 13.1. The van der Waals surface area contributed by atoms with Crippen LogP contribution >= 0.6 is 11.6 Å². The minimum Gasteiger partial charge on any atom is -0.347 e. The van der Waals surface area contributed by atoms with Crippen LogP contribution < -0.4 is 5.32 Å². The fourth-order valence-electron chi connectivity index (χ4n) is 3.53. The molecule has 0 aromatic heterocycles. The fraction of sp³-hybridized carbons (Fsp3) is 0.350. The zero-order valence-electron chi connectivity index (χ0n) is 16.0. The SMILES string of the molecule is CCS(=O)(=O)N1C[C@@H](NC(=O)c2cccc(C(F)(F)F)c2Cl)[C@H](c2ccccc2)C1.